The van der Waals surface area contributed by atoms with E-state index < -0.39 is 22.9 Å². The lowest BCUT2D eigenvalue weighted by Crippen LogP contribution is -2.30. The number of nitrogens with one attached hydrogen (secondary N) is 3. The first kappa shape index (κ1) is 31.6. The highest BCUT2D eigenvalue weighted by molar-refractivity contribution is 8.00. The molecule has 0 saturated heterocycles. The second-order valence-corrected chi connectivity index (χ2v) is 11.3. The number of rotatable bonds is 10. The Kier molecular flexibility index (Phi) is 10.8. The Hall–Kier alpha value is -4.31. The molecule has 220 valence electrons. The SMILES string of the molecule is COc1ccc(Cl)cc1NC(=O)C(C)Sc1cccc(NC(=O)/C(=C\c2c(F)cccc2Cl)NC(=O)c2ccccc2)c1. The van der Waals surface area contributed by atoms with Gasteiger partial charge in [0.2, 0.25) is 5.91 Å². The lowest BCUT2D eigenvalue weighted by molar-refractivity contribution is -0.115. The summed E-state index contributed by atoms with van der Waals surface area (Å²) in [4.78, 5) is 39.9. The zero-order valence-electron chi connectivity index (χ0n) is 23.0. The summed E-state index contributed by atoms with van der Waals surface area (Å²) in [6, 6.07) is 24.2. The number of methoxy groups -OCH3 is 1. The molecular weight excluding hydrogens is 612 g/mol. The van der Waals surface area contributed by atoms with E-state index in [9.17, 15) is 18.8 Å². The quantitative estimate of drug-likeness (QED) is 0.122. The van der Waals surface area contributed by atoms with E-state index in [-0.39, 0.29) is 22.2 Å². The summed E-state index contributed by atoms with van der Waals surface area (Å²) < 4.78 is 19.9. The molecule has 0 aliphatic heterocycles. The third kappa shape index (κ3) is 8.61. The molecule has 0 saturated carbocycles. The molecule has 4 rings (SSSR count). The fourth-order valence-electron chi connectivity index (χ4n) is 3.85. The zero-order valence-corrected chi connectivity index (χ0v) is 25.3. The lowest BCUT2D eigenvalue weighted by atomic mass is 10.1. The molecule has 1 unspecified atom stereocenters. The van der Waals surface area contributed by atoms with Crippen LogP contribution in [0.3, 0.4) is 0 Å². The highest BCUT2D eigenvalue weighted by Crippen LogP contribution is 2.31. The van der Waals surface area contributed by atoms with Crippen molar-refractivity contribution in [3.8, 4) is 5.75 Å². The average molecular weight is 639 g/mol. The summed E-state index contributed by atoms with van der Waals surface area (Å²) in [6.45, 7) is 1.74. The Morgan fingerprint density at radius 1 is 0.907 bits per heavy atom. The summed E-state index contributed by atoms with van der Waals surface area (Å²) in [5, 5.41) is 8.10. The molecule has 0 aromatic heterocycles. The van der Waals surface area contributed by atoms with Crippen molar-refractivity contribution in [2.45, 2.75) is 17.1 Å². The molecule has 0 heterocycles. The number of anilines is 2. The molecule has 4 aromatic rings. The maximum absolute atomic E-state index is 14.6. The van der Waals surface area contributed by atoms with Crippen molar-refractivity contribution in [3.63, 3.8) is 0 Å². The fraction of sp³-hybridized carbons (Fsp3) is 0.0938. The number of benzene rings is 4. The number of hydrogen-bond acceptors (Lipinski definition) is 5. The molecule has 0 aliphatic carbocycles. The molecule has 0 radical (unpaired) electrons. The number of carbonyl (C=O) groups is 3. The van der Waals surface area contributed by atoms with Crippen LogP contribution in [0.2, 0.25) is 10.0 Å². The van der Waals surface area contributed by atoms with Gasteiger partial charge in [-0.3, -0.25) is 14.4 Å². The Bertz CT molecular complexity index is 1660. The molecule has 3 N–H and O–H groups in total. The summed E-state index contributed by atoms with van der Waals surface area (Å²) in [5.41, 5.74) is 0.867. The maximum Gasteiger partial charge on any atom is 0.272 e. The molecule has 43 heavy (non-hydrogen) atoms. The number of carbonyl (C=O) groups excluding carboxylic acids is 3. The van der Waals surface area contributed by atoms with Gasteiger partial charge in [-0.05, 0) is 73.7 Å². The van der Waals surface area contributed by atoms with Crippen LogP contribution in [-0.2, 0) is 9.59 Å². The van der Waals surface area contributed by atoms with Gasteiger partial charge in [-0.15, -0.1) is 11.8 Å². The predicted molar refractivity (Wildman–Crippen MR) is 170 cm³/mol. The van der Waals surface area contributed by atoms with E-state index in [4.69, 9.17) is 27.9 Å². The fourth-order valence-corrected chi connectivity index (χ4v) is 5.17. The monoisotopic (exact) mass is 637 g/mol. The summed E-state index contributed by atoms with van der Waals surface area (Å²) in [7, 11) is 1.50. The van der Waals surface area contributed by atoms with Crippen LogP contribution in [0.1, 0.15) is 22.8 Å². The topological polar surface area (TPSA) is 96.5 Å². The van der Waals surface area contributed by atoms with Gasteiger partial charge in [0, 0.05) is 26.7 Å². The van der Waals surface area contributed by atoms with Crippen LogP contribution in [0, 0.1) is 5.82 Å². The Morgan fingerprint density at radius 2 is 1.65 bits per heavy atom. The standard InChI is InChI=1S/C32H26Cl2FN3O4S/c1-19(30(39)37-27-16-21(33)14-15-29(27)42-2)43-23-11-6-10-22(17-23)36-32(41)28(18-24-25(34)12-7-13-26(24)35)38-31(40)20-8-4-3-5-9-20/h3-19H,1-2H3,(H,36,41)(H,37,39)(H,38,40)/b28-18+. The van der Waals surface area contributed by atoms with E-state index >= 15 is 0 Å². The van der Waals surface area contributed by atoms with Crippen molar-refractivity contribution in [2.75, 3.05) is 17.7 Å². The molecule has 0 aliphatic rings. The zero-order chi connectivity index (χ0) is 30.9. The van der Waals surface area contributed by atoms with E-state index in [1.54, 1.807) is 79.7 Å². The van der Waals surface area contributed by atoms with Crippen molar-refractivity contribution in [2.24, 2.45) is 0 Å². The van der Waals surface area contributed by atoms with E-state index in [0.717, 1.165) is 0 Å². The molecule has 0 fully saturated rings. The van der Waals surface area contributed by atoms with Crippen LogP contribution in [-0.4, -0.2) is 30.1 Å². The van der Waals surface area contributed by atoms with E-state index in [2.05, 4.69) is 16.0 Å². The smallest absolute Gasteiger partial charge is 0.272 e. The normalized spacial score (nSPS) is 11.8. The van der Waals surface area contributed by atoms with Gasteiger partial charge in [-0.2, -0.15) is 0 Å². The minimum Gasteiger partial charge on any atom is -0.495 e. The van der Waals surface area contributed by atoms with Crippen LogP contribution in [0.15, 0.2) is 102 Å². The Morgan fingerprint density at radius 3 is 2.37 bits per heavy atom. The summed E-state index contributed by atoms with van der Waals surface area (Å²) in [6.07, 6.45) is 1.18. The minimum atomic E-state index is -0.704. The van der Waals surface area contributed by atoms with Gasteiger partial charge < -0.3 is 20.7 Å². The van der Waals surface area contributed by atoms with Gasteiger partial charge in [-0.1, -0.05) is 53.5 Å². The Balaban J connectivity index is 1.51. The molecule has 0 spiro atoms. The van der Waals surface area contributed by atoms with Gasteiger partial charge in [0.05, 0.1) is 23.1 Å². The van der Waals surface area contributed by atoms with E-state index in [1.165, 1.54) is 43.1 Å². The van der Waals surface area contributed by atoms with Gasteiger partial charge in [0.25, 0.3) is 11.8 Å². The van der Waals surface area contributed by atoms with E-state index in [0.29, 0.717) is 32.6 Å². The Labute approximate surface area is 262 Å². The van der Waals surface area contributed by atoms with E-state index in [1.807, 2.05) is 0 Å². The number of hydrogen-bond donors (Lipinski definition) is 3. The van der Waals surface area contributed by atoms with Crippen LogP contribution in [0.5, 0.6) is 5.75 Å². The molecular formula is C32H26Cl2FN3O4S. The molecule has 7 nitrogen and oxygen atoms in total. The van der Waals surface area contributed by atoms with Crippen molar-refractivity contribution in [1.82, 2.24) is 5.32 Å². The van der Waals surface area contributed by atoms with Gasteiger partial charge in [0.15, 0.2) is 0 Å². The van der Waals surface area contributed by atoms with Crippen molar-refractivity contribution < 1.29 is 23.5 Å². The van der Waals surface area contributed by atoms with Gasteiger partial charge in [-0.25, -0.2) is 4.39 Å². The molecule has 0 bridgehead atoms. The maximum atomic E-state index is 14.6. The lowest BCUT2D eigenvalue weighted by Gasteiger charge is -2.15. The molecule has 1 atom stereocenters. The second-order valence-electron chi connectivity index (χ2n) is 9.09. The largest absolute Gasteiger partial charge is 0.495 e. The summed E-state index contributed by atoms with van der Waals surface area (Å²) >= 11 is 13.5. The van der Waals surface area contributed by atoms with Crippen molar-refractivity contribution >= 4 is 70.1 Å². The highest BCUT2D eigenvalue weighted by atomic mass is 35.5. The van der Waals surface area contributed by atoms with Gasteiger partial charge >= 0.3 is 0 Å². The first-order valence-corrected chi connectivity index (χ1v) is 14.5. The molecule has 3 amide bonds. The summed E-state index contributed by atoms with van der Waals surface area (Å²) in [5.74, 6) is -1.73. The molecule has 11 heteroatoms. The van der Waals surface area contributed by atoms with Crippen LogP contribution in [0.25, 0.3) is 6.08 Å². The minimum absolute atomic E-state index is 0.0526. The first-order valence-electron chi connectivity index (χ1n) is 12.9. The number of halogens is 3. The number of thioether (sulfide) groups is 1. The van der Waals surface area contributed by atoms with Crippen LogP contribution < -0.4 is 20.7 Å². The van der Waals surface area contributed by atoms with Gasteiger partial charge in [0.1, 0.15) is 17.3 Å². The number of amides is 3. The van der Waals surface area contributed by atoms with Crippen molar-refractivity contribution in [1.29, 1.82) is 0 Å². The number of ether oxygens (including phenoxy) is 1. The first-order chi connectivity index (χ1) is 20.6. The van der Waals surface area contributed by atoms with Crippen molar-refractivity contribution in [3.05, 3.63) is 124 Å². The van der Waals surface area contributed by atoms with Crippen LogP contribution in [0.4, 0.5) is 15.8 Å². The highest BCUT2D eigenvalue weighted by Gasteiger charge is 2.19. The average Bonchev–Trinajstić information content (AvgIpc) is 2.99. The molecule has 4 aromatic carbocycles. The third-order valence-corrected chi connectivity index (χ3v) is 7.67. The third-order valence-electron chi connectivity index (χ3n) is 6.01. The van der Waals surface area contributed by atoms with Crippen LogP contribution >= 0.6 is 35.0 Å². The predicted octanol–water partition coefficient (Wildman–Crippen LogP) is 7.67. The second kappa shape index (κ2) is 14.7.